The fourth-order valence-electron chi connectivity index (χ4n) is 1.29. The first-order chi connectivity index (χ1) is 8.71. The molecule has 1 heterocycles. The Hall–Kier alpha value is -1.21. The molecule has 0 saturated heterocycles. The molecule has 0 bridgehead atoms. The Labute approximate surface area is 116 Å². The van der Waals surface area contributed by atoms with Gasteiger partial charge in [0, 0.05) is 0 Å². The largest absolute Gasteiger partial charge is 0.465 e. The summed E-state index contributed by atoms with van der Waals surface area (Å²) in [5.74, 6) is -2.07. The monoisotopic (exact) mass is 304 g/mol. The lowest BCUT2D eigenvalue weighted by Gasteiger charge is -2.20. The Morgan fingerprint density at radius 2 is 2.00 bits per heavy atom. The third-order valence-electron chi connectivity index (χ3n) is 2.61. The van der Waals surface area contributed by atoms with Crippen LogP contribution in [0.5, 0.6) is 0 Å². The number of hydrogen-bond donors (Lipinski definition) is 0. The number of thiophene rings is 1. The predicted octanol–water partition coefficient (Wildman–Crippen LogP) is 1.68. The van der Waals surface area contributed by atoms with E-state index >= 15 is 0 Å². The maximum atomic E-state index is 12.0. The summed E-state index contributed by atoms with van der Waals surface area (Å²) in [7, 11) is -3.69. The van der Waals surface area contributed by atoms with Gasteiger partial charge in [-0.1, -0.05) is 6.07 Å². The van der Waals surface area contributed by atoms with Gasteiger partial charge in [0.15, 0.2) is 15.6 Å². The zero-order chi connectivity index (χ0) is 14.7. The molecule has 0 amide bonds. The van der Waals surface area contributed by atoms with Crippen LogP contribution in [-0.4, -0.2) is 32.5 Å². The Bertz CT molecular complexity index is 555. The number of hydrogen-bond acceptors (Lipinski definition) is 6. The molecule has 5 nitrogen and oxygen atoms in total. The molecule has 0 N–H and O–H groups in total. The normalized spacial score (nSPS) is 12.2. The van der Waals surface area contributed by atoms with E-state index in [-0.39, 0.29) is 10.8 Å². The van der Waals surface area contributed by atoms with Crippen LogP contribution in [0.4, 0.5) is 0 Å². The highest BCUT2D eigenvalue weighted by Gasteiger charge is 2.39. The molecular weight excluding hydrogens is 288 g/mol. The minimum atomic E-state index is -3.69. The van der Waals surface area contributed by atoms with Gasteiger partial charge in [-0.15, -0.1) is 11.3 Å². The van der Waals surface area contributed by atoms with Gasteiger partial charge in [0.2, 0.25) is 0 Å². The lowest BCUT2D eigenvalue weighted by atomic mass is 9.89. The summed E-state index contributed by atoms with van der Waals surface area (Å²) in [6.07, 6.45) is 0. The molecule has 19 heavy (non-hydrogen) atoms. The van der Waals surface area contributed by atoms with Crippen LogP contribution in [-0.2, 0) is 24.2 Å². The van der Waals surface area contributed by atoms with Crippen molar-refractivity contribution < 1.29 is 22.7 Å². The van der Waals surface area contributed by atoms with Gasteiger partial charge in [-0.25, -0.2) is 8.42 Å². The van der Waals surface area contributed by atoms with Crippen molar-refractivity contribution in [3.05, 3.63) is 17.5 Å². The molecule has 0 aromatic carbocycles. The van der Waals surface area contributed by atoms with Gasteiger partial charge in [0.1, 0.15) is 15.4 Å². The summed E-state index contributed by atoms with van der Waals surface area (Å²) >= 11 is 1.04. The van der Waals surface area contributed by atoms with E-state index in [4.69, 9.17) is 4.74 Å². The highest BCUT2D eigenvalue weighted by molar-refractivity contribution is 7.94. The Kier molecular flexibility index (Phi) is 4.86. The molecule has 0 radical (unpaired) electrons. The smallest absolute Gasteiger partial charge is 0.319 e. The molecule has 0 spiro atoms. The van der Waals surface area contributed by atoms with E-state index in [0.717, 1.165) is 11.3 Å². The van der Waals surface area contributed by atoms with Crippen LogP contribution in [0.2, 0.25) is 0 Å². The fraction of sp³-hybridized carbons (Fsp3) is 0.500. The highest BCUT2D eigenvalue weighted by atomic mass is 32.2. The van der Waals surface area contributed by atoms with Crippen LogP contribution in [0.1, 0.15) is 20.8 Å². The predicted molar refractivity (Wildman–Crippen MR) is 71.8 cm³/mol. The Balaban J connectivity index is 2.88. The first-order valence-corrected chi connectivity index (χ1v) is 8.21. The topological polar surface area (TPSA) is 77.5 Å². The number of sulfone groups is 1. The van der Waals surface area contributed by atoms with Crippen LogP contribution < -0.4 is 0 Å². The quantitative estimate of drug-likeness (QED) is 0.590. The average Bonchev–Trinajstić information content (AvgIpc) is 2.82. The van der Waals surface area contributed by atoms with Gasteiger partial charge in [-0.3, -0.25) is 9.59 Å². The molecule has 0 unspecified atom stereocenters. The molecule has 1 aromatic heterocycles. The maximum Gasteiger partial charge on any atom is 0.319 e. The Morgan fingerprint density at radius 3 is 2.47 bits per heavy atom. The third kappa shape index (κ3) is 3.63. The zero-order valence-corrected chi connectivity index (χ0v) is 12.6. The van der Waals surface area contributed by atoms with Gasteiger partial charge in [-0.05, 0) is 32.2 Å². The molecule has 0 saturated carbocycles. The SMILES string of the molecule is CCOC(=O)C(C)(C)C(=O)CS(=O)(=O)c1cccs1. The van der Waals surface area contributed by atoms with E-state index in [1.54, 1.807) is 18.4 Å². The molecule has 0 aliphatic carbocycles. The first-order valence-electron chi connectivity index (χ1n) is 5.68. The third-order valence-corrected chi connectivity index (χ3v) is 5.71. The standard InChI is InChI=1S/C12H16O5S2/c1-4-17-11(14)12(2,3)9(13)8-19(15,16)10-6-5-7-18-10/h5-7H,4,8H2,1-3H3. The highest BCUT2D eigenvalue weighted by Crippen LogP contribution is 2.24. The van der Waals surface area contributed by atoms with Crippen LogP contribution in [0, 0.1) is 5.41 Å². The second kappa shape index (κ2) is 5.83. The second-order valence-electron chi connectivity index (χ2n) is 4.46. The molecule has 0 aliphatic heterocycles. The van der Waals surface area contributed by atoms with Gasteiger partial charge in [0.05, 0.1) is 6.61 Å². The number of esters is 1. The molecule has 1 aromatic rings. The molecule has 0 atom stereocenters. The van der Waals surface area contributed by atoms with Crippen LogP contribution in [0.3, 0.4) is 0 Å². The summed E-state index contributed by atoms with van der Waals surface area (Å²) in [6, 6.07) is 3.03. The minimum Gasteiger partial charge on any atom is -0.465 e. The summed E-state index contributed by atoms with van der Waals surface area (Å²) in [4.78, 5) is 23.7. The van der Waals surface area contributed by atoms with Crippen molar-refractivity contribution in [2.75, 3.05) is 12.4 Å². The van der Waals surface area contributed by atoms with E-state index in [2.05, 4.69) is 0 Å². The summed E-state index contributed by atoms with van der Waals surface area (Å²) in [5, 5.41) is 1.62. The van der Waals surface area contributed by atoms with Gasteiger partial charge < -0.3 is 4.74 Å². The number of Topliss-reactive ketones (excluding diaryl/α,β-unsaturated/α-hetero) is 1. The van der Waals surface area contributed by atoms with Crippen LogP contribution in [0.25, 0.3) is 0 Å². The minimum absolute atomic E-state index is 0.125. The zero-order valence-electron chi connectivity index (χ0n) is 11.0. The number of ether oxygens (including phenoxy) is 1. The van der Waals surface area contributed by atoms with Gasteiger partial charge >= 0.3 is 5.97 Å². The lowest BCUT2D eigenvalue weighted by Crippen LogP contribution is -2.38. The summed E-state index contributed by atoms with van der Waals surface area (Å²) < 4.78 is 28.8. The number of rotatable bonds is 6. The van der Waals surface area contributed by atoms with Crippen molar-refractivity contribution >= 4 is 32.9 Å². The number of ketones is 1. The Morgan fingerprint density at radius 1 is 1.37 bits per heavy atom. The number of carbonyl (C=O) groups excluding carboxylic acids is 2. The van der Waals surface area contributed by atoms with E-state index in [0.29, 0.717) is 0 Å². The van der Waals surface area contributed by atoms with E-state index < -0.39 is 32.8 Å². The van der Waals surface area contributed by atoms with E-state index in [1.165, 1.54) is 19.9 Å². The van der Waals surface area contributed by atoms with E-state index in [1.807, 2.05) is 0 Å². The van der Waals surface area contributed by atoms with Crippen molar-refractivity contribution in [1.82, 2.24) is 0 Å². The van der Waals surface area contributed by atoms with Crippen molar-refractivity contribution in [2.45, 2.75) is 25.0 Å². The van der Waals surface area contributed by atoms with Gasteiger partial charge in [0.25, 0.3) is 0 Å². The fourth-order valence-corrected chi connectivity index (χ4v) is 3.80. The average molecular weight is 304 g/mol. The summed E-state index contributed by atoms with van der Waals surface area (Å²) in [6.45, 7) is 4.52. The molecule has 1 rings (SSSR count). The molecule has 0 aliphatic rings. The molecule has 0 fully saturated rings. The van der Waals surface area contributed by atoms with Crippen LogP contribution >= 0.6 is 11.3 Å². The molecular formula is C12H16O5S2. The van der Waals surface area contributed by atoms with Crippen molar-refractivity contribution in [3.8, 4) is 0 Å². The number of carbonyl (C=O) groups is 2. The van der Waals surface area contributed by atoms with E-state index in [9.17, 15) is 18.0 Å². The van der Waals surface area contributed by atoms with Crippen molar-refractivity contribution in [1.29, 1.82) is 0 Å². The van der Waals surface area contributed by atoms with Crippen LogP contribution in [0.15, 0.2) is 21.7 Å². The maximum absolute atomic E-state index is 12.0. The molecule has 7 heteroatoms. The first kappa shape index (κ1) is 15.8. The summed E-state index contributed by atoms with van der Waals surface area (Å²) in [5.41, 5.74) is -1.46. The van der Waals surface area contributed by atoms with Crippen molar-refractivity contribution in [3.63, 3.8) is 0 Å². The van der Waals surface area contributed by atoms with Gasteiger partial charge in [-0.2, -0.15) is 0 Å². The van der Waals surface area contributed by atoms with Crippen molar-refractivity contribution in [2.24, 2.45) is 5.41 Å². The lowest BCUT2D eigenvalue weighted by molar-refractivity contribution is -0.157. The second-order valence-corrected chi connectivity index (χ2v) is 7.62. The molecule has 106 valence electrons.